The van der Waals surface area contributed by atoms with Crippen LogP contribution in [0, 0.1) is 0 Å². The van der Waals surface area contributed by atoms with Crippen LogP contribution in [0.25, 0.3) is 0 Å². The van der Waals surface area contributed by atoms with Gasteiger partial charge in [0, 0.05) is 18.6 Å². The average molecular weight is 590 g/mol. The summed E-state index contributed by atoms with van der Waals surface area (Å²) in [6.07, 6.45) is 12.8. The SMILES string of the molecule is CCCCCCCCCCCCCCCNC(CO)CO[C@H]1[C@H](O)[C@@H](O[C@H]2O[C@H](CN)[C@@H](O)C[C@H]2N)[C@H](N)C[C@@H]1N. The number of aliphatic hydroxyl groups excluding tert-OH is 3. The summed E-state index contributed by atoms with van der Waals surface area (Å²) in [7, 11) is 0. The maximum Gasteiger partial charge on any atom is 0.173 e. The highest BCUT2D eigenvalue weighted by Crippen LogP contribution is 2.28. The Morgan fingerprint density at radius 2 is 1.37 bits per heavy atom. The summed E-state index contributed by atoms with van der Waals surface area (Å²) in [6.45, 7) is 3.30. The first-order valence-electron chi connectivity index (χ1n) is 16.4. The smallest absolute Gasteiger partial charge is 0.173 e. The van der Waals surface area contributed by atoms with Crippen LogP contribution in [-0.2, 0) is 14.2 Å². The van der Waals surface area contributed by atoms with E-state index in [1.165, 1.54) is 77.0 Å². The maximum absolute atomic E-state index is 11.1. The van der Waals surface area contributed by atoms with E-state index >= 15 is 0 Å². The monoisotopic (exact) mass is 589 g/mol. The van der Waals surface area contributed by atoms with Crippen molar-refractivity contribution < 1.29 is 29.5 Å². The van der Waals surface area contributed by atoms with Gasteiger partial charge in [-0.25, -0.2) is 0 Å². The number of aliphatic hydroxyl groups is 3. The molecule has 0 aromatic heterocycles. The van der Waals surface area contributed by atoms with E-state index < -0.39 is 54.9 Å². The van der Waals surface area contributed by atoms with Gasteiger partial charge in [0.15, 0.2) is 6.29 Å². The normalized spacial score (nSPS) is 33.2. The molecule has 0 spiro atoms. The molecule has 2 rings (SSSR count). The van der Waals surface area contributed by atoms with Crippen molar-refractivity contribution in [1.82, 2.24) is 5.32 Å². The van der Waals surface area contributed by atoms with Crippen LogP contribution < -0.4 is 28.3 Å². The Labute approximate surface area is 248 Å². The van der Waals surface area contributed by atoms with Gasteiger partial charge in [-0.3, -0.25) is 0 Å². The molecule has 11 nitrogen and oxygen atoms in total. The Balaban J connectivity index is 1.63. The second-order valence-corrected chi connectivity index (χ2v) is 12.3. The summed E-state index contributed by atoms with van der Waals surface area (Å²) in [6, 6.07) is -1.88. The molecule has 0 aromatic rings. The highest BCUT2D eigenvalue weighted by molar-refractivity contribution is 4.99. The number of unbranched alkanes of at least 4 members (excludes halogenated alkanes) is 12. The molecule has 0 radical (unpaired) electrons. The highest BCUT2D eigenvalue weighted by atomic mass is 16.7. The van der Waals surface area contributed by atoms with Crippen LogP contribution in [0.4, 0.5) is 0 Å². The molecule has 2 fully saturated rings. The van der Waals surface area contributed by atoms with Crippen LogP contribution in [0.2, 0.25) is 0 Å². The Bertz CT molecular complexity index is 652. The van der Waals surface area contributed by atoms with Gasteiger partial charge < -0.3 is 57.8 Å². The van der Waals surface area contributed by atoms with Crippen LogP contribution in [0.1, 0.15) is 103 Å². The lowest BCUT2D eigenvalue weighted by Gasteiger charge is -2.45. The summed E-state index contributed by atoms with van der Waals surface area (Å²) < 4.78 is 17.8. The van der Waals surface area contributed by atoms with Gasteiger partial charge >= 0.3 is 0 Å². The van der Waals surface area contributed by atoms with Crippen molar-refractivity contribution in [3.05, 3.63) is 0 Å². The average Bonchev–Trinajstić information content (AvgIpc) is 2.95. The number of ether oxygens (including phenoxy) is 3. The lowest BCUT2D eigenvalue weighted by Crippen LogP contribution is -2.65. The fourth-order valence-electron chi connectivity index (χ4n) is 5.94. The first kappa shape index (κ1) is 36.8. The van der Waals surface area contributed by atoms with Gasteiger partial charge in [-0.15, -0.1) is 0 Å². The maximum atomic E-state index is 11.1. The molecule has 1 aliphatic carbocycles. The van der Waals surface area contributed by atoms with E-state index in [4.69, 9.17) is 37.1 Å². The lowest BCUT2D eigenvalue weighted by atomic mass is 9.84. The third kappa shape index (κ3) is 13.4. The zero-order valence-corrected chi connectivity index (χ0v) is 25.6. The number of hydrogen-bond acceptors (Lipinski definition) is 11. The fourth-order valence-corrected chi connectivity index (χ4v) is 5.94. The molecule has 244 valence electrons. The number of rotatable bonds is 22. The molecule has 10 atom stereocenters. The quantitative estimate of drug-likeness (QED) is 0.0836. The summed E-state index contributed by atoms with van der Waals surface area (Å²) in [5.41, 5.74) is 24.4. The zero-order chi connectivity index (χ0) is 30.0. The number of hydrogen-bond donors (Lipinski definition) is 8. The third-order valence-corrected chi connectivity index (χ3v) is 8.61. The van der Waals surface area contributed by atoms with Crippen molar-refractivity contribution in [3.63, 3.8) is 0 Å². The minimum Gasteiger partial charge on any atom is -0.395 e. The highest BCUT2D eigenvalue weighted by Gasteiger charge is 2.46. The minimum absolute atomic E-state index is 0.0798. The lowest BCUT2D eigenvalue weighted by molar-refractivity contribution is -0.270. The second kappa shape index (κ2) is 21.3. The first-order valence-corrected chi connectivity index (χ1v) is 16.4. The molecule has 1 heterocycles. The molecule has 41 heavy (non-hydrogen) atoms. The van der Waals surface area contributed by atoms with Crippen molar-refractivity contribution in [2.24, 2.45) is 22.9 Å². The predicted molar refractivity (Wildman–Crippen MR) is 162 cm³/mol. The molecular formula is C30H63N5O6. The summed E-state index contributed by atoms with van der Waals surface area (Å²) in [4.78, 5) is 0. The number of nitrogens with one attached hydrogen (secondary N) is 1. The summed E-state index contributed by atoms with van der Waals surface area (Å²) >= 11 is 0. The molecule has 12 N–H and O–H groups in total. The van der Waals surface area contributed by atoms with Crippen molar-refractivity contribution in [2.75, 3.05) is 26.3 Å². The molecule has 0 bridgehead atoms. The molecule has 0 amide bonds. The van der Waals surface area contributed by atoms with Gasteiger partial charge in [0.25, 0.3) is 0 Å². The molecule has 1 saturated carbocycles. The van der Waals surface area contributed by atoms with Crippen molar-refractivity contribution in [3.8, 4) is 0 Å². The van der Waals surface area contributed by atoms with E-state index in [2.05, 4.69) is 12.2 Å². The molecule has 2 aliphatic rings. The molecular weight excluding hydrogens is 526 g/mol. The van der Waals surface area contributed by atoms with E-state index in [1.54, 1.807) is 0 Å². The predicted octanol–water partition coefficient (Wildman–Crippen LogP) is 0.980. The molecule has 11 heteroatoms. The van der Waals surface area contributed by atoms with Crippen LogP contribution in [-0.4, -0.2) is 103 Å². The molecule has 1 saturated heterocycles. The second-order valence-electron chi connectivity index (χ2n) is 12.3. The van der Waals surface area contributed by atoms with Gasteiger partial charge in [-0.05, 0) is 25.8 Å². The van der Waals surface area contributed by atoms with Crippen molar-refractivity contribution in [1.29, 1.82) is 0 Å². The first-order chi connectivity index (χ1) is 19.8. The van der Waals surface area contributed by atoms with Gasteiger partial charge in [0.05, 0.1) is 37.5 Å². The minimum atomic E-state index is -1.10. The van der Waals surface area contributed by atoms with Crippen molar-refractivity contribution >= 4 is 0 Å². The van der Waals surface area contributed by atoms with Gasteiger partial charge in [0.1, 0.15) is 18.3 Å². The van der Waals surface area contributed by atoms with Gasteiger partial charge in [-0.2, -0.15) is 0 Å². The summed E-state index contributed by atoms with van der Waals surface area (Å²) in [5.74, 6) is 0. The van der Waals surface area contributed by atoms with E-state index in [0.29, 0.717) is 6.42 Å². The van der Waals surface area contributed by atoms with E-state index in [9.17, 15) is 15.3 Å². The fraction of sp³-hybridized carbons (Fsp3) is 1.00. The molecule has 0 aromatic carbocycles. The Kier molecular flexibility index (Phi) is 19.1. The van der Waals surface area contributed by atoms with E-state index in [1.807, 2.05) is 0 Å². The third-order valence-electron chi connectivity index (χ3n) is 8.61. The Morgan fingerprint density at radius 3 is 1.93 bits per heavy atom. The van der Waals surface area contributed by atoms with E-state index in [0.717, 1.165) is 13.0 Å². The van der Waals surface area contributed by atoms with E-state index in [-0.39, 0.29) is 32.2 Å². The standard InChI is InChI=1S/C30H63N5O6/c1-2-3-4-5-6-7-8-9-10-11-12-13-14-15-35-21(19-36)20-39-28-22(32)16-23(33)29(27(28)38)41-30-24(34)17-25(37)26(18-31)40-30/h21-30,35-38H,2-20,31-34H2,1H3/t21?,22-,23+,24+,25-,26+,27-,28+,29-,30+/m0/s1. The molecule has 1 aliphatic heterocycles. The van der Waals surface area contributed by atoms with Gasteiger partial charge in [-0.1, -0.05) is 84.0 Å². The molecule has 1 unspecified atom stereocenters. The van der Waals surface area contributed by atoms with Crippen molar-refractivity contribution in [2.45, 2.75) is 164 Å². The van der Waals surface area contributed by atoms with Crippen LogP contribution >= 0.6 is 0 Å². The van der Waals surface area contributed by atoms with Crippen LogP contribution in [0.15, 0.2) is 0 Å². The Hall–Kier alpha value is -0.440. The largest absolute Gasteiger partial charge is 0.395 e. The summed E-state index contributed by atoms with van der Waals surface area (Å²) in [5, 5.41) is 34.4. The topological polar surface area (TPSA) is 204 Å². The zero-order valence-electron chi connectivity index (χ0n) is 25.6. The number of nitrogens with two attached hydrogens (primary N) is 4. The van der Waals surface area contributed by atoms with Gasteiger partial charge in [0.2, 0.25) is 0 Å². The van der Waals surface area contributed by atoms with Crippen LogP contribution in [0.3, 0.4) is 0 Å². The van der Waals surface area contributed by atoms with Crippen LogP contribution in [0.5, 0.6) is 0 Å². The Morgan fingerprint density at radius 1 is 0.805 bits per heavy atom.